The zero-order valence-electron chi connectivity index (χ0n) is 12.0. The Hall–Kier alpha value is -2.56. The maximum absolute atomic E-state index is 8.67. The molecule has 2 heterocycles. The summed E-state index contributed by atoms with van der Waals surface area (Å²) in [6.45, 7) is 3.09. The molecule has 0 amide bonds. The molecule has 0 atom stereocenters. The van der Waals surface area contributed by atoms with Crippen LogP contribution < -0.4 is 10.6 Å². The summed E-state index contributed by atoms with van der Waals surface area (Å²) in [7, 11) is 0. The number of nitrogens with zero attached hydrogens (tertiary/aromatic N) is 3. The molecule has 1 aromatic heterocycles. The minimum atomic E-state index is 0.0243. The lowest BCUT2D eigenvalue weighted by atomic mass is 9.99. The highest BCUT2D eigenvalue weighted by Crippen LogP contribution is 2.33. The SMILES string of the molecule is Cc1ccc2c(c1)CCCN2c1ccc(/C(N)=N/O)nc1. The molecule has 3 rings (SSSR count). The molecule has 0 radical (unpaired) electrons. The van der Waals surface area contributed by atoms with Gasteiger partial charge in [0, 0.05) is 12.2 Å². The fraction of sp³-hybridized carbons (Fsp3) is 0.250. The van der Waals surface area contributed by atoms with Crippen LogP contribution in [-0.4, -0.2) is 22.6 Å². The first kappa shape index (κ1) is 13.4. The van der Waals surface area contributed by atoms with Crippen LogP contribution in [0.4, 0.5) is 11.4 Å². The molecule has 1 aliphatic rings. The third kappa shape index (κ3) is 2.54. The van der Waals surface area contributed by atoms with E-state index in [1.54, 1.807) is 12.3 Å². The average Bonchev–Trinajstić information content (AvgIpc) is 2.53. The first-order chi connectivity index (χ1) is 10.2. The molecular weight excluding hydrogens is 264 g/mol. The van der Waals surface area contributed by atoms with Crippen molar-refractivity contribution in [1.29, 1.82) is 0 Å². The maximum Gasteiger partial charge on any atom is 0.188 e. The molecule has 0 unspecified atom stereocenters. The molecule has 5 nitrogen and oxygen atoms in total. The lowest BCUT2D eigenvalue weighted by Crippen LogP contribution is -2.25. The summed E-state index contributed by atoms with van der Waals surface area (Å²) in [6.07, 6.45) is 4.00. The standard InChI is InChI=1S/C16H18N4O/c1-11-4-7-15-12(9-11)3-2-8-20(15)13-5-6-14(18-10-13)16(17)19-21/h4-7,9-10,21H,2-3,8H2,1H3,(H2,17,19). The van der Waals surface area contributed by atoms with E-state index in [-0.39, 0.29) is 5.84 Å². The summed E-state index contributed by atoms with van der Waals surface area (Å²) >= 11 is 0. The highest BCUT2D eigenvalue weighted by atomic mass is 16.4. The summed E-state index contributed by atoms with van der Waals surface area (Å²) in [6, 6.07) is 10.3. The molecule has 108 valence electrons. The van der Waals surface area contributed by atoms with Crippen LogP contribution >= 0.6 is 0 Å². The van der Waals surface area contributed by atoms with Gasteiger partial charge in [-0.05, 0) is 43.5 Å². The quantitative estimate of drug-likeness (QED) is 0.384. The van der Waals surface area contributed by atoms with Gasteiger partial charge in [-0.1, -0.05) is 22.9 Å². The summed E-state index contributed by atoms with van der Waals surface area (Å²) in [5, 5.41) is 11.6. The fourth-order valence-corrected chi connectivity index (χ4v) is 2.74. The van der Waals surface area contributed by atoms with Crippen LogP contribution in [0.5, 0.6) is 0 Å². The van der Waals surface area contributed by atoms with Crippen LogP contribution in [0.3, 0.4) is 0 Å². The predicted octanol–water partition coefficient (Wildman–Crippen LogP) is 2.57. The molecule has 0 spiro atoms. The van der Waals surface area contributed by atoms with Gasteiger partial charge in [-0.2, -0.15) is 0 Å². The van der Waals surface area contributed by atoms with Crippen LogP contribution in [0.1, 0.15) is 23.2 Å². The Labute approximate surface area is 123 Å². The van der Waals surface area contributed by atoms with Crippen molar-refractivity contribution in [2.24, 2.45) is 10.9 Å². The van der Waals surface area contributed by atoms with Crippen molar-refractivity contribution >= 4 is 17.2 Å². The lowest BCUT2D eigenvalue weighted by molar-refractivity contribution is 0.318. The highest BCUT2D eigenvalue weighted by Gasteiger charge is 2.18. The first-order valence-corrected chi connectivity index (χ1v) is 7.00. The molecular formula is C16H18N4O. The fourth-order valence-electron chi connectivity index (χ4n) is 2.74. The van der Waals surface area contributed by atoms with Gasteiger partial charge in [0.1, 0.15) is 5.69 Å². The first-order valence-electron chi connectivity index (χ1n) is 7.00. The van der Waals surface area contributed by atoms with Gasteiger partial charge in [0.25, 0.3) is 0 Å². The largest absolute Gasteiger partial charge is 0.409 e. The molecule has 1 aliphatic heterocycles. The molecule has 5 heteroatoms. The van der Waals surface area contributed by atoms with Gasteiger partial charge < -0.3 is 15.8 Å². The number of nitrogens with two attached hydrogens (primary N) is 1. The number of hydrogen-bond donors (Lipinski definition) is 2. The number of anilines is 2. The van der Waals surface area contributed by atoms with E-state index in [0.29, 0.717) is 5.69 Å². The van der Waals surface area contributed by atoms with E-state index < -0.39 is 0 Å². The van der Waals surface area contributed by atoms with Crippen molar-refractivity contribution in [2.45, 2.75) is 19.8 Å². The van der Waals surface area contributed by atoms with Crippen molar-refractivity contribution in [3.63, 3.8) is 0 Å². The minimum absolute atomic E-state index is 0.0243. The van der Waals surface area contributed by atoms with Crippen LogP contribution in [0, 0.1) is 6.92 Å². The molecule has 1 aromatic carbocycles. The minimum Gasteiger partial charge on any atom is -0.409 e. The van der Waals surface area contributed by atoms with Crippen molar-refractivity contribution in [3.8, 4) is 0 Å². The van der Waals surface area contributed by atoms with Crippen molar-refractivity contribution in [1.82, 2.24) is 4.98 Å². The third-order valence-electron chi connectivity index (χ3n) is 3.78. The van der Waals surface area contributed by atoms with Gasteiger partial charge in [-0.15, -0.1) is 0 Å². The van der Waals surface area contributed by atoms with Gasteiger partial charge in [-0.25, -0.2) is 0 Å². The van der Waals surface area contributed by atoms with Gasteiger partial charge in [0.2, 0.25) is 0 Å². The molecule has 2 aromatic rings. The highest BCUT2D eigenvalue weighted by molar-refractivity contribution is 5.95. The monoisotopic (exact) mass is 282 g/mol. The second kappa shape index (κ2) is 5.44. The van der Waals surface area contributed by atoms with E-state index in [1.807, 2.05) is 6.07 Å². The van der Waals surface area contributed by atoms with E-state index in [1.165, 1.54) is 16.8 Å². The summed E-state index contributed by atoms with van der Waals surface area (Å²) < 4.78 is 0. The second-order valence-corrected chi connectivity index (χ2v) is 5.27. The molecule has 0 fully saturated rings. The number of benzene rings is 1. The molecule has 0 saturated heterocycles. The van der Waals surface area contributed by atoms with E-state index in [2.05, 4.69) is 40.2 Å². The number of pyridine rings is 1. The van der Waals surface area contributed by atoms with Crippen LogP contribution in [-0.2, 0) is 6.42 Å². The van der Waals surface area contributed by atoms with E-state index in [4.69, 9.17) is 10.9 Å². The normalized spacial score (nSPS) is 14.9. The summed E-state index contributed by atoms with van der Waals surface area (Å²) in [5.74, 6) is 0.0243. The Bertz CT molecular complexity index is 679. The Kier molecular flexibility index (Phi) is 3.48. The molecule has 0 saturated carbocycles. The Morgan fingerprint density at radius 3 is 2.90 bits per heavy atom. The van der Waals surface area contributed by atoms with Gasteiger partial charge in [-0.3, -0.25) is 4.98 Å². The molecule has 0 bridgehead atoms. The van der Waals surface area contributed by atoms with Gasteiger partial charge in [0.15, 0.2) is 5.84 Å². The van der Waals surface area contributed by atoms with Crippen molar-refractivity contribution in [2.75, 3.05) is 11.4 Å². The number of hydrogen-bond acceptors (Lipinski definition) is 4. The molecule has 0 aliphatic carbocycles. The third-order valence-corrected chi connectivity index (χ3v) is 3.78. The average molecular weight is 282 g/mol. The lowest BCUT2D eigenvalue weighted by Gasteiger charge is -2.31. The van der Waals surface area contributed by atoms with Crippen molar-refractivity contribution in [3.05, 3.63) is 53.3 Å². The molecule has 3 N–H and O–H groups in total. The Balaban J connectivity index is 1.95. The Morgan fingerprint density at radius 1 is 1.33 bits per heavy atom. The van der Waals surface area contributed by atoms with E-state index >= 15 is 0 Å². The number of rotatable bonds is 2. The van der Waals surface area contributed by atoms with Crippen LogP contribution in [0.15, 0.2) is 41.7 Å². The number of oxime groups is 1. The van der Waals surface area contributed by atoms with E-state index in [0.717, 1.165) is 25.1 Å². The van der Waals surface area contributed by atoms with Crippen molar-refractivity contribution < 1.29 is 5.21 Å². The van der Waals surface area contributed by atoms with Gasteiger partial charge in [0.05, 0.1) is 11.9 Å². The Morgan fingerprint density at radius 2 is 2.19 bits per heavy atom. The predicted molar refractivity (Wildman–Crippen MR) is 83.3 cm³/mol. The summed E-state index contributed by atoms with van der Waals surface area (Å²) in [4.78, 5) is 6.52. The molecule has 21 heavy (non-hydrogen) atoms. The van der Waals surface area contributed by atoms with Gasteiger partial charge >= 0.3 is 0 Å². The van der Waals surface area contributed by atoms with E-state index in [9.17, 15) is 0 Å². The smallest absolute Gasteiger partial charge is 0.188 e. The van der Waals surface area contributed by atoms with Crippen LogP contribution in [0.2, 0.25) is 0 Å². The zero-order valence-corrected chi connectivity index (χ0v) is 12.0. The number of amidine groups is 1. The topological polar surface area (TPSA) is 74.7 Å². The summed E-state index contributed by atoms with van der Waals surface area (Å²) in [5.41, 5.74) is 10.9. The number of aryl methyl sites for hydroxylation is 2. The zero-order chi connectivity index (χ0) is 14.8. The maximum atomic E-state index is 8.67. The number of fused-ring (bicyclic) bond motifs is 1. The second-order valence-electron chi connectivity index (χ2n) is 5.27. The van der Waals surface area contributed by atoms with Crippen LogP contribution in [0.25, 0.3) is 0 Å². The number of aromatic nitrogens is 1.